The average molecular weight is 426 g/mol. The maximum Gasteiger partial charge on any atom is 0.295 e. The van der Waals surface area contributed by atoms with Gasteiger partial charge in [0.15, 0.2) is 0 Å². The Morgan fingerprint density at radius 2 is 1.81 bits per heavy atom. The fourth-order valence-electron chi connectivity index (χ4n) is 3.59. The largest absolute Gasteiger partial charge is 0.507 e. The molecule has 1 aliphatic heterocycles. The number of hydrogen-bond acceptors (Lipinski definition) is 4. The zero-order valence-electron chi connectivity index (χ0n) is 18.1. The van der Waals surface area contributed by atoms with E-state index in [1.54, 1.807) is 42.5 Å². The summed E-state index contributed by atoms with van der Waals surface area (Å²) < 4.78 is 20.3. The first-order valence-corrected chi connectivity index (χ1v) is 10.6. The Balaban J connectivity index is 2.04. The molecule has 0 radical (unpaired) electrons. The Kier molecular flexibility index (Phi) is 7.10. The quantitative estimate of drug-likeness (QED) is 0.364. The van der Waals surface area contributed by atoms with Crippen molar-refractivity contribution in [1.29, 1.82) is 0 Å². The number of halogens is 1. The van der Waals surface area contributed by atoms with Crippen LogP contribution in [0.25, 0.3) is 5.76 Å². The summed E-state index contributed by atoms with van der Waals surface area (Å²) in [6.45, 7) is 6.92. The molecule has 1 aliphatic rings. The topological polar surface area (TPSA) is 66.8 Å². The number of carbonyl (C=O) groups is 2. The molecule has 0 aliphatic carbocycles. The average Bonchev–Trinajstić information content (AvgIpc) is 3.01. The highest BCUT2D eigenvalue weighted by Crippen LogP contribution is 2.40. The van der Waals surface area contributed by atoms with Crippen LogP contribution in [0, 0.1) is 11.7 Å². The molecule has 3 rings (SSSR count). The zero-order chi connectivity index (χ0) is 22.5. The fourth-order valence-corrected chi connectivity index (χ4v) is 3.59. The highest BCUT2D eigenvalue weighted by atomic mass is 19.1. The number of hydrogen-bond donors (Lipinski definition) is 1. The molecule has 1 fully saturated rings. The van der Waals surface area contributed by atoms with Gasteiger partial charge in [0.2, 0.25) is 0 Å². The van der Waals surface area contributed by atoms with Crippen molar-refractivity contribution in [3.63, 3.8) is 0 Å². The third kappa shape index (κ3) is 4.79. The van der Waals surface area contributed by atoms with Gasteiger partial charge >= 0.3 is 0 Å². The molecule has 2 aromatic carbocycles. The van der Waals surface area contributed by atoms with Gasteiger partial charge in [-0.25, -0.2) is 4.39 Å². The van der Waals surface area contributed by atoms with E-state index in [1.807, 2.05) is 20.8 Å². The van der Waals surface area contributed by atoms with Crippen molar-refractivity contribution in [1.82, 2.24) is 4.90 Å². The molecular formula is C25H28FNO4. The molecule has 0 aromatic heterocycles. The normalized spacial score (nSPS) is 18.1. The number of benzene rings is 2. The first kappa shape index (κ1) is 22.5. The molecule has 1 N–H and O–H groups in total. The summed E-state index contributed by atoms with van der Waals surface area (Å²) in [6.07, 6.45) is 1.48. The molecule has 1 amide bonds. The van der Waals surface area contributed by atoms with Crippen LogP contribution in [0.15, 0.2) is 54.1 Å². The van der Waals surface area contributed by atoms with Crippen LogP contribution in [0.3, 0.4) is 0 Å². The molecule has 1 saturated heterocycles. The molecule has 0 saturated carbocycles. The Bertz CT molecular complexity index is 981. The van der Waals surface area contributed by atoms with Gasteiger partial charge in [-0.1, -0.05) is 45.4 Å². The molecular weight excluding hydrogens is 397 g/mol. The molecule has 31 heavy (non-hydrogen) atoms. The SMILES string of the molecule is CCCCN1C(=O)C(=O)/C(=C(/O)c2ccc(OCC(C)C)cc2)C1c1ccccc1F. The highest BCUT2D eigenvalue weighted by Gasteiger charge is 2.46. The van der Waals surface area contributed by atoms with Crippen LogP contribution in [-0.4, -0.2) is 34.8 Å². The van der Waals surface area contributed by atoms with Crippen LogP contribution in [0.2, 0.25) is 0 Å². The van der Waals surface area contributed by atoms with Gasteiger partial charge in [0, 0.05) is 17.7 Å². The number of Topliss-reactive ketones (excluding diaryl/α,β-unsaturated/α-hetero) is 1. The van der Waals surface area contributed by atoms with E-state index in [0.717, 1.165) is 6.42 Å². The summed E-state index contributed by atoms with van der Waals surface area (Å²) in [5.41, 5.74) is 0.463. The predicted molar refractivity (Wildman–Crippen MR) is 117 cm³/mol. The van der Waals surface area contributed by atoms with Crippen LogP contribution in [0.1, 0.15) is 50.8 Å². The van der Waals surface area contributed by atoms with Gasteiger partial charge in [0.25, 0.3) is 11.7 Å². The van der Waals surface area contributed by atoms with Gasteiger partial charge < -0.3 is 14.7 Å². The number of rotatable bonds is 8. The summed E-state index contributed by atoms with van der Waals surface area (Å²) in [5, 5.41) is 11.0. The van der Waals surface area contributed by atoms with Gasteiger partial charge in [-0.3, -0.25) is 9.59 Å². The minimum absolute atomic E-state index is 0.0953. The molecule has 6 heteroatoms. The lowest BCUT2D eigenvalue weighted by atomic mass is 9.95. The molecule has 0 spiro atoms. The summed E-state index contributed by atoms with van der Waals surface area (Å²) in [5.74, 6) is -1.37. The van der Waals surface area contributed by atoms with E-state index in [0.29, 0.717) is 36.8 Å². The number of amides is 1. The first-order valence-electron chi connectivity index (χ1n) is 10.6. The third-order valence-corrected chi connectivity index (χ3v) is 5.20. The van der Waals surface area contributed by atoms with Crippen LogP contribution in [-0.2, 0) is 9.59 Å². The van der Waals surface area contributed by atoms with Crippen LogP contribution in [0.5, 0.6) is 5.75 Å². The summed E-state index contributed by atoms with van der Waals surface area (Å²) in [4.78, 5) is 27.0. The van der Waals surface area contributed by atoms with E-state index >= 15 is 0 Å². The Morgan fingerprint density at radius 3 is 2.42 bits per heavy atom. The fraction of sp³-hybridized carbons (Fsp3) is 0.360. The van der Waals surface area contributed by atoms with Crippen molar-refractivity contribution in [2.45, 2.75) is 39.7 Å². The Hall–Kier alpha value is -3.15. The Morgan fingerprint density at radius 1 is 1.13 bits per heavy atom. The summed E-state index contributed by atoms with van der Waals surface area (Å²) in [6, 6.07) is 11.7. The van der Waals surface area contributed by atoms with Gasteiger partial charge in [-0.05, 0) is 42.7 Å². The van der Waals surface area contributed by atoms with Gasteiger partial charge in [-0.2, -0.15) is 0 Å². The van der Waals surface area contributed by atoms with Crippen molar-refractivity contribution in [3.8, 4) is 5.75 Å². The van der Waals surface area contributed by atoms with Crippen molar-refractivity contribution in [2.75, 3.05) is 13.2 Å². The molecule has 1 heterocycles. The van der Waals surface area contributed by atoms with Gasteiger partial charge in [0.1, 0.15) is 17.3 Å². The minimum atomic E-state index is -0.968. The summed E-state index contributed by atoms with van der Waals surface area (Å²) in [7, 11) is 0. The first-order chi connectivity index (χ1) is 14.8. The van der Waals surface area contributed by atoms with Crippen LogP contribution < -0.4 is 4.74 Å². The van der Waals surface area contributed by atoms with Gasteiger partial charge in [0.05, 0.1) is 18.2 Å². The molecule has 2 aromatic rings. The van der Waals surface area contributed by atoms with E-state index in [4.69, 9.17) is 4.74 Å². The van der Waals surface area contributed by atoms with Crippen LogP contribution in [0.4, 0.5) is 4.39 Å². The zero-order valence-corrected chi connectivity index (χ0v) is 18.1. The number of ether oxygens (including phenoxy) is 1. The van der Waals surface area contributed by atoms with Gasteiger partial charge in [-0.15, -0.1) is 0 Å². The van der Waals surface area contributed by atoms with Crippen molar-refractivity contribution in [3.05, 3.63) is 71.0 Å². The second-order valence-corrected chi connectivity index (χ2v) is 8.10. The van der Waals surface area contributed by atoms with E-state index in [9.17, 15) is 19.1 Å². The number of likely N-dealkylation sites (tertiary alicyclic amines) is 1. The lowest BCUT2D eigenvalue weighted by Gasteiger charge is -2.25. The molecule has 1 unspecified atom stereocenters. The molecule has 0 bridgehead atoms. The molecule has 164 valence electrons. The highest BCUT2D eigenvalue weighted by molar-refractivity contribution is 6.46. The molecule has 1 atom stereocenters. The number of carbonyl (C=O) groups excluding carboxylic acids is 2. The smallest absolute Gasteiger partial charge is 0.295 e. The number of nitrogens with zero attached hydrogens (tertiary/aromatic N) is 1. The predicted octanol–water partition coefficient (Wildman–Crippen LogP) is 5.08. The monoisotopic (exact) mass is 425 g/mol. The Labute approximate surface area is 182 Å². The van der Waals surface area contributed by atoms with E-state index in [1.165, 1.54) is 11.0 Å². The molecule has 5 nitrogen and oxygen atoms in total. The maximum atomic E-state index is 14.7. The second kappa shape index (κ2) is 9.77. The lowest BCUT2D eigenvalue weighted by molar-refractivity contribution is -0.139. The summed E-state index contributed by atoms with van der Waals surface area (Å²) >= 11 is 0. The van der Waals surface area contributed by atoms with E-state index in [-0.39, 0.29) is 16.9 Å². The van der Waals surface area contributed by atoms with Crippen molar-refractivity contribution in [2.24, 2.45) is 5.92 Å². The number of ketones is 1. The lowest BCUT2D eigenvalue weighted by Crippen LogP contribution is -2.31. The maximum absolute atomic E-state index is 14.7. The third-order valence-electron chi connectivity index (χ3n) is 5.20. The van der Waals surface area contributed by atoms with E-state index in [2.05, 4.69) is 0 Å². The number of aliphatic hydroxyl groups is 1. The number of unbranched alkanes of at least 4 members (excludes halogenated alkanes) is 1. The number of aliphatic hydroxyl groups excluding tert-OH is 1. The van der Waals surface area contributed by atoms with Crippen LogP contribution >= 0.6 is 0 Å². The second-order valence-electron chi connectivity index (χ2n) is 8.10. The minimum Gasteiger partial charge on any atom is -0.507 e. The van der Waals surface area contributed by atoms with Crippen molar-refractivity contribution >= 4 is 17.4 Å². The van der Waals surface area contributed by atoms with Crippen molar-refractivity contribution < 1.29 is 23.8 Å². The standard InChI is InChI=1S/C25H28FNO4/c1-4-5-14-27-22(19-8-6-7-9-20(19)26)21(24(29)25(27)30)23(28)17-10-12-18(13-11-17)31-15-16(2)3/h6-13,16,22,28H,4-5,14-15H2,1-3H3/b23-21+. The van der Waals surface area contributed by atoms with E-state index < -0.39 is 23.5 Å².